The summed E-state index contributed by atoms with van der Waals surface area (Å²) in [6.07, 6.45) is 4.88. The van der Waals surface area contributed by atoms with Gasteiger partial charge in [0.25, 0.3) is 0 Å². The number of ether oxygens (including phenoxy) is 1. The molecule has 1 atom stereocenters. The number of fused-ring (bicyclic) bond motifs is 1. The number of aryl methyl sites for hydroxylation is 2. The predicted octanol–water partition coefficient (Wildman–Crippen LogP) is 3.86. The summed E-state index contributed by atoms with van der Waals surface area (Å²) in [6, 6.07) is 10.5. The lowest BCUT2D eigenvalue weighted by Crippen LogP contribution is -2.25. The Labute approximate surface area is 204 Å². The molecule has 4 heterocycles. The van der Waals surface area contributed by atoms with Gasteiger partial charge < -0.3 is 14.2 Å². The van der Waals surface area contributed by atoms with Gasteiger partial charge in [-0.1, -0.05) is 12.1 Å². The SMILES string of the molecule is CCOc1cc(-c2nncn2C)ccc1Cc1ncc2cc(C)nc(N3CCC(C)(C#N)C3)c2n1. The molecule has 0 radical (unpaired) electrons. The molecule has 0 saturated carbocycles. The Morgan fingerprint density at radius 3 is 2.80 bits per heavy atom. The van der Waals surface area contributed by atoms with Crippen molar-refractivity contribution in [3.8, 4) is 23.2 Å². The molecule has 4 aromatic rings. The Hall–Kier alpha value is -4.06. The average Bonchev–Trinajstić information content (AvgIpc) is 3.46. The summed E-state index contributed by atoms with van der Waals surface area (Å²) in [5.41, 5.74) is 3.29. The van der Waals surface area contributed by atoms with Gasteiger partial charge in [0.15, 0.2) is 11.6 Å². The summed E-state index contributed by atoms with van der Waals surface area (Å²) < 4.78 is 7.85. The van der Waals surface area contributed by atoms with Crippen molar-refractivity contribution in [2.45, 2.75) is 33.6 Å². The fourth-order valence-corrected chi connectivity index (χ4v) is 4.57. The number of anilines is 1. The third-order valence-corrected chi connectivity index (χ3v) is 6.45. The molecule has 1 fully saturated rings. The molecule has 0 spiro atoms. The highest BCUT2D eigenvalue weighted by Crippen LogP contribution is 2.35. The van der Waals surface area contributed by atoms with E-state index in [-0.39, 0.29) is 5.41 Å². The maximum absolute atomic E-state index is 9.59. The van der Waals surface area contributed by atoms with E-state index in [4.69, 9.17) is 14.7 Å². The lowest BCUT2D eigenvalue weighted by Gasteiger charge is -2.21. The van der Waals surface area contributed by atoms with Gasteiger partial charge in [-0.2, -0.15) is 5.26 Å². The molecule has 0 aliphatic carbocycles. The van der Waals surface area contributed by atoms with Crippen LogP contribution in [0, 0.1) is 23.7 Å². The Kier molecular flexibility index (Phi) is 5.81. The maximum atomic E-state index is 9.59. The van der Waals surface area contributed by atoms with Crippen LogP contribution in [0.4, 0.5) is 5.82 Å². The van der Waals surface area contributed by atoms with E-state index in [1.165, 1.54) is 0 Å². The molecule has 9 heteroatoms. The van der Waals surface area contributed by atoms with E-state index in [1.807, 2.05) is 62.8 Å². The molecule has 0 N–H and O–H groups in total. The van der Waals surface area contributed by atoms with Crippen LogP contribution >= 0.6 is 0 Å². The molecule has 5 rings (SSSR count). The van der Waals surface area contributed by atoms with Crippen LogP contribution in [0.5, 0.6) is 5.75 Å². The number of aromatic nitrogens is 6. The highest BCUT2D eigenvalue weighted by molar-refractivity contribution is 5.88. The second-order valence-corrected chi connectivity index (χ2v) is 9.35. The number of pyridine rings is 1. The van der Waals surface area contributed by atoms with E-state index in [0.717, 1.165) is 58.1 Å². The molecule has 1 aromatic carbocycles. The number of hydrogen-bond acceptors (Lipinski definition) is 8. The van der Waals surface area contributed by atoms with Gasteiger partial charge in [0, 0.05) is 55.0 Å². The first-order valence-corrected chi connectivity index (χ1v) is 11.8. The fraction of sp³-hybridized carbons (Fsp3) is 0.385. The van der Waals surface area contributed by atoms with Crippen LogP contribution in [-0.2, 0) is 13.5 Å². The summed E-state index contributed by atoms with van der Waals surface area (Å²) >= 11 is 0. The van der Waals surface area contributed by atoms with Crippen LogP contribution in [0.1, 0.15) is 37.4 Å². The molecule has 178 valence electrons. The number of rotatable bonds is 6. The fourth-order valence-electron chi connectivity index (χ4n) is 4.57. The monoisotopic (exact) mass is 468 g/mol. The summed E-state index contributed by atoms with van der Waals surface area (Å²) in [4.78, 5) is 16.6. The van der Waals surface area contributed by atoms with Gasteiger partial charge in [0.1, 0.15) is 23.4 Å². The molecule has 1 unspecified atom stereocenters. The topological polar surface area (TPSA) is 106 Å². The van der Waals surface area contributed by atoms with Crippen LogP contribution in [-0.4, -0.2) is 49.4 Å². The number of nitriles is 1. The summed E-state index contributed by atoms with van der Waals surface area (Å²) in [5.74, 6) is 3.08. The Morgan fingerprint density at radius 2 is 2.09 bits per heavy atom. The van der Waals surface area contributed by atoms with Gasteiger partial charge in [-0.05, 0) is 39.3 Å². The van der Waals surface area contributed by atoms with Crippen LogP contribution < -0.4 is 9.64 Å². The van der Waals surface area contributed by atoms with Gasteiger partial charge in [-0.3, -0.25) is 0 Å². The van der Waals surface area contributed by atoms with Gasteiger partial charge in [0.05, 0.1) is 18.1 Å². The van der Waals surface area contributed by atoms with Gasteiger partial charge in [-0.25, -0.2) is 15.0 Å². The third kappa shape index (κ3) is 4.39. The second-order valence-electron chi connectivity index (χ2n) is 9.35. The zero-order valence-electron chi connectivity index (χ0n) is 20.5. The molecule has 0 amide bonds. The molecule has 1 saturated heterocycles. The van der Waals surface area contributed by atoms with E-state index < -0.39 is 0 Å². The van der Waals surface area contributed by atoms with E-state index in [2.05, 4.69) is 26.2 Å². The normalized spacial score (nSPS) is 17.6. The van der Waals surface area contributed by atoms with Crippen LogP contribution in [0.15, 0.2) is 36.8 Å². The first-order chi connectivity index (χ1) is 16.9. The largest absolute Gasteiger partial charge is 0.494 e. The third-order valence-electron chi connectivity index (χ3n) is 6.45. The van der Waals surface area contributed by atoms with Crippen molar-refractivity contribution < 1.29 is 4.74 Å². The summed E-state index contributed by atoms with van der Waals surface area (Å²) in [5, 5.41) is 18.7. The minimum atomic E-state index is -0.371. The Morgan fingerprint density at radius 1 is 1.23 bits per heavy atom. The van der Waals surface area contributed by atoms with Crippen molar-refractivity contribution in [1.82, 2.24) is 29.7 Å². The van der Waals surface area contributed by atoms with Crippen LogP contribution in [0.3, 0.4) is 0 Å². The van der Waals surface area contributed by atoms with E-state index >= 15 is 0 Å². The van der Waals surface area contributed by atoms with Crippen molar-refractivity contribution >= 4 is 16.7 Å². The standard InChI is InChI=1S/C26H28N8O/c1-5-35-21-11-19(24-32-29-16-33(24)4)7-6-18(21)12-22-28-13-20-10-17(2)30-25(23(20)31-22)34-9-8-26(3,14-27)15-34/h6-7,10-11,13,16H,5,8-9,12,15H2,1-4H3. The number of hydrogen-bond donors (Lipinski definition) is 0. The van der Waals surface area contributed by atoms with Crippen molar-refractivity contribution in [3.05, 3.63) is 53.9 Å². The molecule has 0 bridgehead atoms. The highest BCUT2D eigenvalue weighted by Gasteiger charge is 2.35. The molecular weight excluding hydrogens is 440 g/mol. The quantitative estimate of drug-likeness (QED) is 0.420. The first kappa shape index (κ1) is 22.7. The number of nitrogens with zero attached hydrogens (tertiary/aromatic N) is 8. The molecule has 1 aliphatic heterocycles. The summed E-state index contributed by atoms with van der Waals surface area (Å²) in [6.45, 7) is 7.93. The molecular formula is C26H28N8O. The van der Waals surface area contributed by atoms with E-state index in [1.54, 1.807) is 6.33 Å². The second kappa shape index (κ2) is 8.95. The van der Waals surface area contributed by atoms with Crippen molar-refractivity contribution in [2.75, 3.05) is 24.6 Å². The maximum Gasteiger partial charge on any atom is 0.163 e. The highest BCUT2D eigenvalue weighted by atomic mass is 16.5. The van der Waals surface area contributed by atoms with Gasteiger partial charge >= 0.3 is 0 Å². The van der Waals surface area contributed by atoms with Crippen molar-refractivity contribution in [3.63, 3.8) is 0 Å². The van der Waals surface area contributed by atoms with Crippen molar-refractivity contribution in [2.24, 2.45) is 12.5 Å². The smallest absolute Gasteiger partial charge is 0.163 e. The zero-order valence-corrected chi connectivity index (χ0v) is 20.5. The van der Waals surface area contributed by atoms with Gasteiger partial charge in [-0.15, -0.1) is 10.2 Å². The Balaban J connectivity index is 1.51. The number of benzene rings is 1. The molecule has 1 aliphatic rings. The van der Waals surface area contributed by atoms with E-state index in [0.29, 0.717) is 25.4 Å². The minimum Gasteiger partial charge on any atom is -0.494 e. The Bertz CT molecular complexity index is 1440. The minimum absolute atomic E-state index is 0.371. The lowest BCUT2D eigenvalue weighted by atomic mass is 9.92. The molecule has 35 heavy (non-hydrogen) atoms. The molecule has 3 aromatic heterocycles. The van der Waals surface area contributed by atoms with Crippen LogP contribution in [0.2, 0.25) is 0 Å². The zero-order chi connectivity index (χ0) is 24.6. The average molecular weight is 469 g/mol. The van der Waals surface area contributed by atoms with E-state index in [9.17, 15) is 5.26 Å². The lowest BCUT2D eigenvalue weighted by molar-refractivity contribution is 0.337. The first-order valence-electron chi connectivity index (χ1n) is 11.8. The van der Waals surface area contributed by atoms with Crippen molar-refractivity contribution in [1.29, 1.82) is 5.26 Å². The molecule has 9 nitrogen and oxygen atoms in total. The van der Waals surface area contributed by atoms with Crippen LogP contribution in [0.25, 0.3) is 22.3 Å². The van der Waals surface area contributed by atoms with Gasteiger partial charge in [0.2, 0.25) is 0 Å². The predicted molar refractivity (Wildman–Crippen MR) is 133 cm³/mol. The summed E-state index contributed by atoms with van der Waals surface area (Å²) in [7, 11) is 1.92.